The van der Waals surface area contributed by atoms with E-state index >= 15 is 0 Å². The van der Waals surface area contributed by atoms with Crippen molar-refractivity contribution in [2.24, 2.45) is 0 Å². The molecule has 1 heterocycles. The van der Waals surface area contributed by atoms with Gasteiger partial charge in [0.2, 0.25) is 26.0 Å². The molecule has 1 aliphatic heterocycles. The Balaban J connectivity index is 1.66. The highest BCUT2D eigenvalue weighted by molar-refractivity contribution is 7.89. The standard InChI is InChI=1S/C22H29N3O6S2/c1-24(2)32(27,28)20-11-12-21(31-3)17(16-20)6-13-22(26)23-18-7-9-19(10-8-18)33(29,30)25-14-4-5-15-25/h7-12,16H,4-6,13-15H2,1-3H3,(H,23,26). The second-order valence-corrected chi connectivity index (χ2v) is 12.0. The molecule has 33 heavy (non-hydrogen) atoms. The summed E-state index contributed by atoms with van der Waals surface area (Å²) in [6.07, 6.45) is 2.09. The van der Waals surface area contributed by atoms with Crippen LogP contribution in [-0.4, -0.2) is 65.6 Å². The monoisotopic (exact) mass is 495 g/mol. The molecule has 2 aromatic rings. The Morgan fingerprint density at radius 2 is 1.61 bits per heavy atom. The van der Waals surface area contributed by atoms with Crippen LogP contribution in [-0.2, 0) is 31.3 Å². The molecule has 3 rings (SSSR count). The predicted molar refractivity (Wildman–Crippen MR) is 125 cm³/mol. The molecule has 180 valence electrons. The van der Waals surface area contributed by atoms with Gasteiger partial charge in [-0.2, -0.15) is 4.31 Å². The SMILES string of the molecule is COc1ccc(S(=O)(=O)N(C)C)cc1CCC(=O)Nc1ccc(S(=O)(=O)N2CCCC2)cc1. The summed E-state index contributed by atoms with van der Waals surface area (Å²) in [4.78, 5) is 12.8. The average Bonchev–Trinajstić information content (AvgIpc) is 3.33. The van der Waals surface area contributed by atoms with Crippen molar-refractivity contribution in [2.45, 2.75) is 35.5 Å². The van der Waals surface area contributed by atoms with E-state index in [1.807, 2.05) is 0 Å². The molecule has 0 spiro atoms. The maximum atomic E-state index is 12.6. The minimum Gasteiger partial charge on any atom is -0.496 e. The van der Waals surface area contributed by atoms with Gasteiger partial charge in [0, 0.05) is 39.3 Å². The van der Waals surface area contributed by atoms with Gasteiger partial charge in [0.15, 0.2) is 0 Å². The smallest absolute Gasteiger partial charge is 0.243 e. The van der Waals surface area contributed by atoms with Crippen molar-refractivity contribution in [3.63, 3.8) is 0 Å². The first-order valence-electron chi connectivity index (χ1n) is 10.5. The van der Waals surface area contributed by atoms with E-state index < -0.39 is 20.0 Å². The summed E-state index contributed by atoms with van der Waals surface area (Å²) in [6, 6.07) is 10.7. The summed E-state index contributed by atoms with van der Waals surface area (Å²) in [5.74, 6) is 0.213. The minimum atomic E-state index is -3.61. The molecule has 0 unspecified atom stereocenters. The summed E-state index contributed by atoms with van der Waals surface area (Å²) >= 11 is 0. The fourth-order valence-corrected chi connectivity index (χ4v) is 6.05. The van der Waals surface area contributed by atoms with E-state index in [0.717, 1.165) is 17.1 Å². The van der Waals surface area contributed by atoms with Gasteiger partial charge in [-0.05, 0) is 67.3 Å². The first kappa shape index (κ1) is 25.2. The van der Waals surface area contributed by atoms with Crippen LogP contribution in [0, 0.1) is 0 Å². The lowest BCUT2D eigenvalue weighted by Gasteiger charge is -2.16. The van der Waals surface area contributed by atoms with E-state index in [-0.39, 0.29) is 28.5 Å². The average molecular weight is 496 g/mol. The summed E-state index contributed by atoms with van der Waals surface area (Å²) in [5.41, 5.74) is 1.08. The van der Waals surface area contributed by atoms with Crippen LogP contribution >= 0.6 is 0 Å². The van der Waals surface area contributed by atoms with Crippen molar-refractivity contribution in [3.8, 4) is 5.75 Å². The number of ether oxygens (including phenoxy) is 1. The molecule has 11 heteroatoms. The van der Waals surface area contributed by atoms with Crippen molar-refractivity contribution in [3.05, 3.63) is 48.0 Å². The number of hydrogen-bond acceptors (Lipinski definition) is 6. The third-order valence-corrected chi connectivity index (χ3v) is 9.22. The van der Waals surface area contributed by atoms with Gasteiger partial charge in [-0.25, -0.2) is 21.1 Å². The van der Waals surface area contributed by atoms with Gasteiger partial charge in [-0.15, -0.1) is 0 Å². The number of anilines is 1. The Kier molecular flexibility index (Phi) is 7.78. The zero-order valence-electron chi connectivity index (χ0n) is 18.9. The number of benzene rings is 2. The molecule has 1 N–H and O–H groups in total. The van der Waals surface area contributed by atoms with Crippen LogP contribution < -0.4 is 10.1 Å². The number of hydrogen-bond donors (Lipinski definition) is 1. The molecule has 1 aliphatic rings. The molecule has 1 fully saturated rings. The molecule has 0 aliphatic carbocycles. The van der Waals surface area contributed by atoms with E-state index in [4.69, 9.17) is 4.74 Å². The highest BCUT2D eigenvalue weighted by atomic mass is 32.2. The molecule has 9 nitrogen and oxygen atoms in total. The fourth-order valence-electron chi connectivity index (χ4n) is 3.58. The lowest BCUT2D eigenvalue weighted by Crippen LogP contribution is -2.27. The van der Waals surface area contributed by atoms with Crippen LogP contribution in [0.25, 0.3) is 0 Å². The number of methoxy groups -OCH3 is 1. The van der Waals surface area contributed by atoms with Gasteiger partial charge in [0.25, 0.3) is 0 Å². The van der Waals surface area contributed by atoms with Gasteiger partial charge in [0.05, 0.1) is 16.9 Å². The quantitative estimate of drug-likeness (QED) is 0.571. The molecule has 0 aromatic heterocycles. The van der Waals surface area contributed by atoms with Crippen LogP contribution in [0.15, 0.2) is 52.3 Å². The van der Waals surface area contributed by atoms with Crippen LogP contribution in [0.1, 0.15) is 24.8 Å². The van der Waals surface area contributed by atoms with Gasteiger partial charge >= 0.3 is 0 Å². The van der Waals surface area contributed by atoms with Crippen molar-refractivity contribution in [2.75, 3.05) is 39.6 Å². The third kappa shape index (κ3) is 5.72. The largest absolute Gasteiger partial charge is 0.496 e. The van der Waals surface area contributed by atoms with E-state index in [2.05, 4.69) is 5.32 Å². The molecule has 0 saturated carbocycles. The Hall–Kier alpha value is -2.47. The number of aryl methyl sites for hydroxylation is 1. The summed E-state index contributed by atoms with van der Waals surface area (Å²) in [6.45, 7) is 1.06. The third-order valence-electron chi connectivity index (χ3n) is 5.49. The van der Waals surface area contributed by atoms with Crippen molar-refractivity contribution in [1.29, 1.82) is 0 Å². The molecule has 0 atom stereocenters. The van der Waals surface area contributed by atoms with Crippen LogP contribution in [0.3, 0.4) is 0 Å². The van der Waals surface area contributed by atoms with E-state index in [0.29, 0.717) is 30.1 Å². The Labute approximate surface area is 195 Å². The number of nitrogens with one attached hydrogen (secondary N) is 1. The lowest BCUT2D eigenvalue weighted by atomic mass is 10.1. The lowest BCUT2D eigenvalue weighted by molar-refractivity contribution is -0.116. The van der Waals surface area contributed by atoms with Crippen molar-refractivity contribution >= 4 is 31.6 Å². The highest BCUT2D eigenvalue weighted by Crippen LogP contribution is 2.26. The molecule has 1 amide bonds. The van der Waals surface area contributed by atoms with E-state index in [9.17, 15) is 21.6 Å². The molecule has 0 bridgehead atoms. The van der Waals surface area contributed by atoms with Crippen LogP contribution in [0.5, 0.6) is 5.75 Å². The van der Waals surface area contributed by atoms with Gasteiger partial charge in [0.1, 0.15) is 5.75 Å². The Morgan fingerprint density at radius 1 is 1.00 bits per heavy atom. The summed E-state index contributed by atoms with van der Waals surface area (Å²) < 4.78 is 57.9. The molecule has 2 aromatic carbocycles. The van der Waals surface area contributed by atoms with Gasteiger partial charge < -0.3 is 10.1 Å². The maximum Gasteiger partial charge on any atom is 0.243 e. The topological polar surface area (TPSA) is 113 Å². The first-order valence-corrected chi connectivity index (χ1v) is 13.4. The number of carbonyl (C=O) groups is 1. The van der Waals surface area contributed by atoms with Gasteiger partial charge in [-0.3, -0.25) is 4.79 Å². The number of amides is 1. The molecule has 1 saturated heterocycles. The van der Waals surface area contributed by atoms with Crippen molar-refractivity contribution in [1.82, 2.24) is 8.61 Å². The zero-order chi connectivity index (χ0) is 24.2. The summed E-state index contributed by atoms with van der Waals surface area (Å²) in [7, 11) is -2.73. The minimum absolute atomic E-state index is 0.0929. The Bertz CT molecular complexity index is 1200. The number of carbonyl (C=O) groups excluding carboxylic acids is 1. The van der Waals surface area contributed by atoms with Crippen molar-refractivity contribution < 1.29 is 26.4 Å². The number of nitrogens with zero attached hydrogens (tertiary/aromatic N) is 2. The van der Waals surface area contributed by atoms with Crippen LogP contribution in [0.4, 0.5) is 5.69 Å². The van der Waals surface area contributed by atoms with Gasteiger partial charge in [-0.1, -0.05) is 0 Å². The highest BCUT2D eigenvalue weighted by Gasteiger charge is 2.27. The molecular formula is C22H29N3O6S2. The molecular weight excluding hydrogens is 466 g/mol. The zero-order valence-corrected chi connectivity index (χ0v) is 20.6. The summed E-state index contributed by atoms with van der Waals surface area (Å²) in [5, 5.41) is 2.75. The van der Waals surface area contributed by atoms with E-state index in [1.54, 1.807) is 18.2 Å². The second kappa shape index (κ2) is 10.2. The maximum absolute atomic E-state index is 12.6. The fraction of sp³-hybridized carbons (Fsp3) is 0.409. The Morgan fingerprint density at radius 3 is 2.18 bits per heavy atom. The predicted octanol–water partition coefficient (Wildman–Crippen LogP) is 2.30. The van der Waals surface area contributed by atoms with Crippen LogP contribution in [0.2, 0.25) is 0 Å². The van der Waals surface area contributed by atoms with E-state index in [1.165, 1.54) is 49.8 Å². The second-order valence-electron chi connectivity index (χ2n) is 7.94. The number of sulfonamides is 2. The molecule has 0 radical (unpaired) electrons. The first-order chi connectivity index (χ1) is 15.6. The normalized spacial score (nSPS) is 15.0. The number of rotatable bonds is 9.